The van der Waals surface area contributed by atoms with Crippen molar-refractivity contribution in [3.8, 4) is 0 Å². The van der Waals surface area contributed by atoms with Crippen molar-refractivity contribution < 1.29 is 4.79 Å². The van der Waals surface area contributed by atoms with E-state index in [2.05, 4.69) is 4.98 Å². The van der Waals surface area contributed by atoms with E-state index >= 15 is 0 Å². The van der Waals surface area contributed by atoms with Crippen LogP contribution in [0.15, 0.2) is 17.7 Å². The van der Waals surface area contributed by atoms with Crippen LogP contribution in [0.3, 0.4) is 0 Å². The highest BCUT2D eigenvalue weighted by Gasteiger charge is 2.05. The van der Waals surface area contributed by atoms with Crippen molar-refractivity contribution in [3.63, 3.8) is 0 Å². The van der Waals surface area contributed by atoms with E-state index in [1.165, 1.54) is 17.4 Å². The molecule has 0 radical (unpaired) electrons. The molecule has 0 unspecified atom stereocenters. The van der Waals surface area contributed by atoms with Crippen LogP contribution in [0.1, 0.15) is 10.5 Å². The van der Waals surface area contributed by atoms with E-state index in [-0.39, 0.29) is 5.78 Å². The molecular formula is C8H9ClN2OS. The minimum absolute atomic E-state index is 0.128. The maximum atomic E-state index is 11.3. The Morgan fingerprint density at radius 2 is 2.38 bits per heavy atom. The van der Waals surface area contributed by atoms with E-state index in [9.17, 15) is 4.79 Å². The predicted molar refractivity (Wildman–Crippen MR) is 54.3 cm³/mol. The first kappa shape index (κ1) is 10.2. The molecule has 0 saturated heterocycles. The van der Waals surface area contributed by atoms with Crippen LogP contribution in [-0.2, 0) is 0 Å². The zero-order chi connectivity index (χ0) is 9.84. The molecule has 0 atom stereocenters. The van der Waals surface area contributed by atoms with Gasteiger partial charge in [-0.15, -0.1) is 11.3 Å². The van der Waals surface area contributed by atoms with E-state index in [1.807, 2.05) is 14.1 Å². The van der Waals surface area contributed by atoms with Crippen LogP contribution in [-0.4, -0.2) is 29.8 Å². The smallest absolute Gasteiger partial charge is 0.206 e. The van der Waals surface area contributed by atoms with Gasteiger partial charge in [0.05, 0.1) is 0 Å². The van der Waals surface area contributed by atoms with Crippen LogP contribution in [0.4, 0.5) is 0 Å². The Morgan fingerprint density at radius 1 is 1.69 bits per heavy atom. The second-order valence-corrected chi connectivity index (χ2v) is 4.07. The molecule has 0 N–H and O–H groups in total. The van der Waals surface area contributed by atoms with Crippen LogP contribution < -0.4 is 0 Å². The first-order valence-corrected chi connectivity index (χ1v) is 4.85. The molecule has 0 bridgehead atoms. The van der Waals surface area contributed by atoms with Gasteiger partial charge in [0.15, 0.2) is 4.47 Å². The number of rotatable bonds is 3. The van der Waals surface area contributed by atoms with Crippen LogP contribution in [0.5, 0.6) is 0 Å². The molecular weight excluding hydrogens is 208 g/mol. The van der Waals surface area contributed by atoms with Crippen LogP contribution >= 0.6 is 22.9 Å². The van der Waals surface area contributed by atoms with Crippen LogP contribution in [0, 0.1) is 0 Å². The van der Waals surface area contributed by atoms with E-state index in [0.717, 1.165) is 0 Å². The van der Waals surface area contributed by atoms with Gasteiger partial charge in [-0.05, 0) is 0 Å². The van der Waals surface area contributed by atoms with Gasteiger partial charge in [0.25, 0.3) is 0 Å². The van der Waals surface area contributed by atoms with Gasteiger partial charge in [-0.1, -0.05) is 11.6 Å². The molecule has 1 heterocycles. The van der Waals surface area contributed by atoms with Crippen molar-refractivity contribution in [2.75, 3.05) is 14.1 Å². The third kappa shape index (κ3) is 3.16. The number of allylic oxidation sites excluding steroid dienone is 1. The Bertz CT molecular complexity index is 333. The Balaban J connectivity index is 2.69. The Hall–Kier alpha value is -0.870. The molecule has 1 aromatic rings. The predicted octanol–water partition coefficient (Wildman–Crippen LogP) is 2.05. The summed E-state index contributed by atoms with van der Waals surface area (Å²) in [5.74, 6) is -0.128. The molecule has 1 rings (SSSR count). The van der Waals surface area contributed by atoms with E-state index < -0.39 is 0 Å². The first-order chi connectivity index (χ1) is 6.09. The van der Waals surface area contributed by atoms with Crippen molar-refractivity contribution in [2.24, 2.45) is 0 Å². The largest absolute Gasteiger partial charge is 0.383 e. The van der Waals surface area contributed by atoms with Gasteiger partial charge in [-0.25, -0.2) is 4.98 Å². The van der Waals surface area contributed by atoms with Gasteiger partial charge < -0.3 is 4.90 Å². The second kappa shape index (κ2) is 4.39. The monoisotopic (exact) mass is 216 g/mol. The Kier molecular flexibility index (Phi) is 3.45. The normalized spacial score (nSPS) is 10.7. The zero-order valence-electron chi connectivity index (χ0n) is 7.32. The molecule has 0 saturated carbocycles. The van der Waals surface area contributed by atoms with E-state index in [1.54, 1.807) is 16.5 Å². The molecule has 1 aromatic heterocycles. The van der Waals surface area contributed by atoms with Gasteiger partial charge in [0, 0.05) is 31.8 Å². The lowest BCUT2D eigenvalue weighted by atomic mass is 10.3. The SMILES string of the molecule is CN(C)/C=C/C(=O)c1csc(Cl)n1. The average molecular weight is 217 g/mol. The number of thiazole rings is 1. The third-order valence-electron chi connectivity index (χ3n) is 1.25. The highest BCUT2D eigenvalue weighted by Crippen LogP contribution is 2.15. The molecule has 0 amide bonds. The number of carbonyl (C=O) groups excluding carboxylic acids is 1. The third-order valence-corrected chi connectivity index (χ3v) is 2.23. The maximum absolute atomic E-state index is 11.3. The summed E-state index contributed by atoms with van der Waals surface area (Å²) in [6.07, 6.45) is 3.14. The van der Waals surface area contributed by atoms with Gasteiger partial charge in [0.2, 0.25) is 5.78 Å². The molecule has 70 valence electrons. The minimum Gasteiger partial charge on any atom is -0.383 e. The lowest BCUT2D eigenvalue weighted by Gasteiger charge is -2.01. The summed E-state index contributed by atoms with van der Waals surface area (Å²) >= 11 is 6.84. The summed E-state index contributed by atoms with van der Waals surface area (Å²) < 4.78 is 0.390. The Labute approximate surface area is 85.7 Å². The fourth-order valence-electron chi connectivity index (χ4n) is 0.667. The Morgan fingerprint density at radius 3 is 2.85 bits per heavy atom. The standard InChI is InChI=1S/C8H9ClN2OS/c1-11(2)4-3-7(12)6-5-13-8(9)10-6/h3-5H,1-2H3/b4-3+. The van der Waals surface area contributed by atoms with Crippen molar-refractivity contribution in [1.82, 2.24) is 9.88 Å². The molecule has 0 spiro atoms. The van der Waals surface area contributed by atoms with Crippen molar-refractivity contribution in [3.05, 3.63) is 27.8 Å². The van der Waals surface area contributed by atoms with Gasteiger partial charge in [-0.2, -0.15) is 0 Å². The molecule has 5 heteroatoms. The van der Waals surface area contributed by atoms with Gasteiger partial charge in [-0.3, -0.25) is 4.79 Å². The summed E-state index contributed by atoms with van der Waals surface area (Å²) in [5.41, 5.74) is 0.396. The molecule has 3 nitrogen and oxygen atoms in total. The molecule has 0 aliphatic heterocycles. The quantitative estimate of drug-likeness (QED) is 0.573. The van der Waals surface area contributed by atoms with Crippen molar-refractivity contribution >= 4 is 28.7 Å². The highest BCUT2D eigenvalue weighted by atomic mass is 35.5. The summed E-state index contributed by atoms with van der Waals surface area (Å²) in [5, 5.41) is 1.64. The van der Waals surface area contributed by atoms with E-state index in [4.69, 9.17) is 11.6 Å². The number of halogens is 1. The number of ketones is 1. The van der Waals surface area contributed by atoms with Crippen molar-refractivity contribution in [2.45, 2.75) is 0 Å². The molecule has 0 aromatic carbocycles. The highest BCUT2D eigenvalue weighted by molar-refractivity contribution is 7.14. The average Bonchev–Trinajstić information content (AvgIpc) is 2.47. The summed E-state index contributed by atoms with van der Waals surface area (Å²) in [4.78, 5) is 17.0. The fourth-order valence-corrected chi connectivity index (χ4v) is 1.42. The summed E-state index contributed by atoms with van der Waals surface area (Å²) in [6, 6.07) is 0. The fraction of sp³-hybridized carbons (Fsp3) is 0.250. The first-order valence-electron chi connectivity index (χ1n) is 3.59. The molecule has 0 aliphatic carbocycles. The molecule has 0 fully saturated rings. The summed E-state index contributed by atoms with van der Waals surface area (Å²) in [7, 11) is 3.69. The number of carbonyl (C=O) groups is 1. The number of hydrogen-bond donors (Lipinski definition) is 0. The van der Waals surface area contributed by atoms with Gasteiger partial charge >= 0.3 is 0 Å². The van der Waals surface area contributed by atoms with Crippen LogP contribution in [0.2, 0.25) is 4.47 Å². The lowest BCUT2D eigenvalue weighted by molar-refractivity contribution is 0.104. The maximum Gasteiger partial charge on any atom is 0.206 e. The van der Waals surface area contributed by atoms with Crippen LogP contribution in [0.25, 0.3) is 0 Å². The van der Waals surface area contributed by atoms with Gasteiger partial charge in [0.1, 0.15) is 5.69 Å². The molecule has 0 aliphatic rings. The topological polar surface area (TPSA) is 33.2 Å². The minimum atomic E-state index is -0.128. The molecule has 13 heavy (non-hydrogen) atoms. The number of aromatic nitrogens is 1. The second-order valence-electron chi connectivity index (χ2n) is 2.63. The number of hydrogen-bond acceptors (Lipinski definition) is 4. The lowest BCUT2D eigenvalue weighted by Crippen LogP contribution is -2.03. The van der Waals surface area contributed by atoms with Crippen molar-refractivity contribution in [1.29, 1.82) is 0 Å². The van der Waals surface area contributed by atoms with E-state index in [0.29, 0.717) is 10.2 Å². The summed E-state index contributed by atoms with van der Waals surface area (Å²) in [6.45, 7) is 0. The number of nitrogens with zero attached hydrogens (tertiary/aromatic N) is 2. The zero-order valence-corrected chi connectivity index (χ0v) is 8.89.